The number of hydrogen-bond donors (Lipinski definition) is 1. The highest BCUT2D eigenvalue weighted by molar-refractivity contribution is 7.13. The maximum atomic E-state index is 4.17. The number of hydrogen-bond acceptors (Lipinski definition) is 4. The summed E-state index contributed by atoms with van der Waals surface area (Å²) >= 11 is 1.60. The Hall–Kier alpha value is -1.55. The van der Waals surface area contributed by atoms with Crippen molar-refractivity contribution in [3.05, 3.63) is 35.8 Å². The topological polar surface area (TPSA) is 28.2 Å². The van der Waals surface area contributed by atoms with Crippen molar-refractivity contribution < 1.29 is 0 Å². The van der Waals surface area contributed by atoms with Crippen LogP contribution in [0.25, 0.3) is 0 Å². The quantitative estimate of drug-likeness (QED) is 0.860. The summed E-state index contributed by atoms with van der Waals surface area (Å²) in [5.74, 6) is 0. The lowest BCUT2D eigenvalue weighted by Gasteiger charge is -2.12. The van der Waals surface area contributed by atoms with Crippen LogP contribution < -0.4 is 10.2 Å². The number of thiazole rings is 1. The zero-order chi connectivity index (χ0) is 10.7. The van der Waals surface area contributed by atoms with Gasteiger partial charge in [0.05, 0.1) is 0 Å². The van der Waals surface area contributed by atoms with E-state index in [4.69, 9.17) is 0 Å². The zero-order valence-corrected chi connectivity index (χ0v) is 9.58. The molecule has 3 nitrogen and oxygen atoms in total. The molecule has 1 N–H and O–H groups in total. The number of anilines is 3. The molecule has 0 atom stereocenters. The maximum absolute atomic E-state index is 4.17. The van der Waals surface area contributed by atoms with Gasteiger partial charge in [-0.3, -0.25) is 0 Å². The molecule has 0 aliphatic heterocycles. The monoisotopic (exact) mass is 219 g/mol. The Morgan fingerprint density at radius 1 is 1.20 bits per heavy atom. The van der Waals surface area contributed by atoms with Crippen LogP contribution in [-0.4, -0.2) is 19.1 Å². The van der Waals surface area contributed by atoms with Gasteiger partial charge in [-0.15, -0.1) is 11.3 Å². The lowest BCUT2D eigenvalue weighted by atomic mass is 10.2. The number of nitrogens with zero attached hydrogens (tertiary/aromatic N) is 2. The molecule has 0 saturated heterocycles. The fourth-order valence-electron chi connectivity index (χ4n) is 1.25. The Morgan fingerprint density at radius 2 is 1.93 bits per heavy atom. The molecule has 1 heterocycles. The number of aromatic nitrogens is 1. The van der Waals surface area contributed by atoms with Gasteiger partial charge in [0, 0.05) is 37.0 Å². The van der Waals surface area contributed by atoms with E-state index in [9.17, 15) is 0 Å². The van der Waals surface area contributed by atoms with Crippen LogP contribution in [0.3, 0.4) is 0 Å². The molecule has 78 valence electrons. The van der Waals surface area contributed by atoms with Gasteiger partial charge in [0.25, 0.3) is 0 Å². The fourth-order valence-corrected chi connectivity index (χ4v) is 1.80. The van der Waals surface area contributed by atoms with E-state index in [1.165, 1.54) is 5.69 Å². The third kappa shape index (κ3) is 2.47. The Morgan fingerprint density at radius 3 is 2.47 bits per heavy atom. The number of nitrogens with one attached hydrogen (secondary N) is 1. The molecule has 0 bridgehead atoms. The second-order valence-corrected chi connectivity index (χ2v) is 4.30. The smallest absolute Gasteiger partial charge is 0.187 e. The maximum Gasteiger partial charge on any atom is 0.187 e. The average Bonchev–Trinajstić information content (AvgIpc) is 2.71. The van der Waals surface area contributed by atoms with E-state index in [-0.39, 0.29) is 0 Å². The molecule has 1 aromatic carbocycles. The lowest BCUT2D eigenvalue weighted by molar-refractivity contribution is 1.13. The van der Waals surface area contributed by atoms with Crippen molar-refractivity contribution in [3.8, 4) is 0 Å². The Bertz CT molecular complexity index is 406. The molecule has 2 aromatic rings. The molecule has 0 saturated carbocycles. The first-order chi connectivity index (χ1) is 7.25. The Labute approximate surface area is 93.4 Å². The first kappa shape index (κ1) is 9.98. The van der Waals surface area contributed by atoms with Crippen LogP contribution in [0.4, 0.5) is 16.5 Å². The molecule has 15 heavy (non-hydrogen) atoms. The third-order valence-electron chi connectivity index (χ3n) is 2.07. The van der Waals surface area contributed by atoms with E-state index in [1.807, 2.05) is 19.5 Å². The first-order valence-electron chi connectivity index (χ1n) is 4.69. The van der Waals surface area contributed by atoms with E-state index in [0.717, 1.165) is 10.8 Å². The van der Waals surface area contributed by atoms with Crippen LogP contribution in [-0.2, 0) is 0 Å². The van der Waals surface area contributed by atoms with Gasteiger partial charge in [-0.25, -0.2) is 4.98 Å². The summed E-state index contributed by atoms with van der Waals surface area (Å²) in [5, 5.41) is 6.12. The van der Waals surface area contributed by atoms with E-state index >= 15 is 0 Å². The highest BCUT2D eigenvalue weighted by atomic mass is 32.1. The van der Waals surface area contributed by atoms with Gasteiger partial charge in [0.15, 0.2) is 5.13 Å². The highest BCUT2D eigenvalue weighted by Crippen LogP contribution is 2.21. The molecule has 0 radical (unpaired) electrons. The van der Waals surface area contributed by atoms with Gasteiger partial charge in [-0.1, -0.05) is 0 Å². The van der Waals surface area contributed by atoms with Gasteiger partial charge in [0.2, 0.25) is 0 Å². The lowest BCUT2D eigenvalue weighted by Crippen LogP contribution is -2.08. The SMILES string of the molecule is CN(C)c1ccc(Nc2nccs2)cc1. The van der Waals surface area contributed by atoms with Gasteiger partial charge < -0.3 is 10.2 Å². The largest absolute Gasteiger partial charge is 0.378 e. The second-order valence-electron chi connectivity index (χ2n) is 3.40. The van der Waals surface area contributed by atoms with Crippen molar-refractivity contribution >= 4 is 27.8 Å². The third-order valence-corrected chi connectivity index (χ3v) is 2.76. The van der Waals surface area contributed by atoms with Crippen molar-refractivity contribution in [2.75, 3.05) is 24.3 Å². The van der Waals surface area contributed by atoms with Crippen molar-refractivity contribution in [3.63, 3.8) is 0 Å². The molecule has 1 aromatic heterocycles. The van der Waals surface area contributed by atoms with E-state index < -0.39 is 0 Å². The van der Waals surface area contributed by atoms with E-state index in [1.54, 1.807) is 17.5 Å². The fraction of sp³-hybridized carbons (Fsp3) is 0.182. The van der Waals surface area contributed by atoms with E-state index in [2.05, 4.69) is 39.5 Å². The predicted octanol–water partition coefficient (Wildman–Crippen LogP) is 2.95. The van der Waals surface area contributed by atoms with Gasteiger partial charge in [0.1, 0.15) is 0 Å². The van der Waals surface area contributed by atoms with Crippen molar-refractivity contribution in [2.24, 2.45) is 0 Å². The summed E-state index contributed by atoms with van der Waals surface area (Å²) < 4.78 is 0. The van der Waals surface area contributed by atoms with Crippen molar-refractivity contribution in [1.29, 1.82) is 0 Å². The normalized spacial score (nSPS) is 10.0. The Balaban J connectivity index is 2.11. The van der Waals surface area contributed by atoms with Crippen LogP contribution in [0.15, 0.2) is 35.8 Å². The van der Waals surface area contributed by atoms with Gasteiger partial charge >= 0.3 is 0 Å². The van der Waals surface area contributed by atoms with Crippen LogP contribution in [0, 0.1) is 0 Å². The summed E-state index contributed by atoms with van der Waals surface area (Å²) in [6, 6.07) is 8.26. The molecular weight excluding hydrogens is 206 g/mol. The van der Waals surface area contributed by atoms with E-state index in [0.29, 0.717) is 0 Å². The average molecular weight is 219 g/mol. The van der Waals surface area contributed by atoms with Crippen molar-refractivity contribution in [2.45, 2.75) is 0 Å². The highest BCUT2D eigenvalue weighted by Gasteiger charge is 1.97. The van der Waals surface area contributed by atoms with Gasteiger partial charge in [-0.2, -0.15) is 0 Å². The van der Waals surface area contributed by atoms with Crippen LogP contribution in [0.5, 0.6) is 0 Å². The molecule has 0 unspecified atom stereocenters. The summed E-state index contributed by atoms with van der Waals surface area (Å²) in [6.45, 7) is 0. The van der Waals surface area contributed by atoms with Gasteiger partial charge in [-0.05, 0) is 24.3 Å². The molecule has 0 aliphatic carbocycles. The summed E-state index contributed by atoms with van der Waals surface area (Å²) in [4.78, 5) is 6.24. The summed E-state index contributed by atoms with van der Waals surface area (Å²) in [7, 11) is 4.06. The molecular formula is C11H13N3S. The zero-order valence-electron chi connectivity index (χ0n) is 8.77. The standard InChI is InChI=1S/C11H13N3S/c1-14(2)10-5-3-9(4-6-10)13-11-12-7-8-15-11/h3-8H,1-2H3,(H,12,13). The first-order valence-corrected chi connectivity index (χ1v) is 5.57. The molecule has 0 spiro atoms. The molecule has 0 amide bonds. The predicted molar refractivity (Wildman–Crippen MR) is 66.2 cm³/mol. The number of rotatable bonds is 3. The van der Waals surface area contributed by atoms with Crippen LogP contribution >= 0.6 is 11.3 Å². The molecule has 0 aliphatic rings. The van der Waals surface area contributed by atoms with Crippen molar-refractivity contribution in [1.82, 2.24) is 4.98 Å². The molecule has 0 fully saturated rings. The minimum Gasteiger partial charge on any atom is -0.378 e. The van der Waals surface area contributed by atoms with Crippen LogP contribution in [0.1, 0.15) is 0 Å². The minimum atomic E-state index is 0.924. The summed E-state index contributed by atoms with van der Waals surface area (Å²) in [6.07, 6.45) is 1.79. The minimum absolute atomic E-state index is 0.924. The Kier molecular flexibility index (Phi) is 2.87. The van der Waals surface area contributed by atoms with Crippen LogP contribution in [0.2, 0.25) is 0 Å². The molecule has 4 heteroatoms. The summed E-state index contributed by atoms with van der Waals surface area (Å²) in [5.41, 5.74) is 2.26. The molecule has 2 rings (SSSR count). The number of benzene rings is 1. The second kappa shape index (κ2) is 4.31.